The van der Waals surface area contributed by atoms with E-state index in [1.165, 1.54) is 24.0 Å². The summed E-state index contributed by atoms with van der Waals surface area (Å²) >= 11 is 0. The van der Waals surface area contributed by atoms with E-state index in [-0.39, 0.29) is 0 Å². The Bertz CT molecular complexity index is 261. The van der Waals surface area contributed by atoms with Crippen LogP contribution in [0.4, 0.5) is 0 Å². The molecule has 1 saturated heterocycles. The highest BCUT2D eigenvalue weighted by Gasteiger charge is 2.16. The van der Waals surface area contributed by atoms with Crippen molar-refractivity contribution in [3.05, 3.63) is 35.4 Å². The Morgan fingerprint density at radius 1 is 1.42 bits per heavy atom. The maximum atomic E-state index is 4.55. The van der Waals surface area contributed by atoms with E-state index in [1.54, 1.807) is 0 Å². The molecule has 0 aliphatic carbocycles. The molecule has 1 aliphatic rings. The van der Waals surface area contributed by atoms with E-state index in [4.69, 9.17) is 0 Å². The zero-order valence-corrected chi connectivity index (χ0v) is 7.46. The standard InChI is InChI=1S/C11H14N/c1-9-4-2-5-10(8-9)11-6-3-7-12-11/h2,4-5,8,11H,3,6-7H2,1H3. The number of hydrogen-bond donors (Lipinski definition) is 0. The molecule has 0 bridgehead atoms. The minimum Gasteiger partial charge on any atom is -0.234 e. The lowest BCUT2D eigenvalue weighted by Gasteiger charge is -2.08. The van der Waals surface area contributed by atoms with Crippen molar-refractivity contribution in [1.29, 1.82) is 0 Å². The van der Waals surface area contributed by atoms with Gasteiger partial charge < -0.3 is 0 Å². The van der Waals surface area contributed by atoms with Crippen LogP contribution in [0.2, 0.25) is 0 Å². The van der Waals surface area contributed by atoms with Gasteiger partial charge in [0.15, 0.2) is 0 Å². The Labute approximate surface area is 73.8 Å². The summed E-state index contributed by atoms with van der Waals surface area (Å²) in [6.45, 7) is 3.19. The summed E-state index contributed by atoms with van der Waals surface area (Å²) in [7, 11) is 0. The second-order valence-corrected chi connectivity index (χ2v) is 3.48. The first-order valence-corrected chi connectivity index (χ1v) is 4.59. The van der Waals surface area contributed by atoms with Gasteiger partial charge in [0.05, 0.1) is 0 Å². The van der Waals surface area contributed by atoms with E-state index in [2.05, 4.69) is 36.5 Å². The Morgan fingerprint density at radius 3 is 3.00 bits per heavy atom. The first-order chi connectivity index (χ1) is 5.86. The first kappa shape index (κ1) is 7.81. The molecular formula is C11H14N. The summed E-state index contributed by atoms with van der Waals surface area (Å²) in [5, 5.41) is 4.55. The minimum atomic E-state index is 0.491. The first-order valence-electron chi connectivity index (χ1n) is 4.59. The zero-order chi connectivity index (χ0) is 8.39. The van der Waals surface area contributed by atoms with Gasteiger partial charge in [-0.3, -0.25) is 0 Å². The average Bonchev–Trinajstić information content (AvgIpc) is 2.56. The smallest absolute Gasteiger partial charge is 0.0496 e. The molecule has 1 aromatic rings. The topological polar surface area (TPSA) is 14.1 Å². The van der Waals surface area contributed by atoms with Crippen LogP contribution in [-0.4, -0.2) is 6.54 Å². The normalized spacial score (nSPS) is 22.9. The quantitative estimate of drug-likeness (QED) is 0.599. The molecule has 1 atom stereocenters. The van der Waals surface area contributed by atoms with Gasteiger partial charge in [-0.25, -0.2) is 5.32 Å². The summed E-state index contributed by atoms with van der Waals surface area (Å²) in [4.78, 5) is 0. The van der Waals surface area contributed by atoms with Gasteiger partial charge in [-0.05, 0) is 25.3 Å². The van der Waals surface area contributed by atoms with Crippen LogP contribution in [0.1, 0.15) is 30.0 Å². The van der Waals surface area contributed by atoms with E-state index in [0.29, 0.717) is 6.04 Å². The Morgan fingerprint density at radius 2 is 2.33 bits per heavy atom. The van der Waals surface area contributed by atoms with Crippen LogP contribution >= 0.6 is 0 Å². The van der Waals surface area contributed by atoms with Crippen molar-refractivity contribution in [1.82, 2.24) is 5.32 Å². The van der Waals surface area contributed by atoms with Crippen LogP contribution in [0, 0.1) is 6.92 Å². The molecule has 0 spiro atoms. The largest absolute Gasteiger partial charge is 0.234 e. The van der Waals surface area contributed by atoms with Gasteiger partial charge in [0, 0.05) is 12.6 Å². The molecule has 2 rings (SSSR count). The summed E-state index contributed by atoms with van der Waals surface area (Å²) < 4.78 is 0. The maximum absolute atomic E-state index is 4.55. The van der Waals surface area contributed by atoms with Gasteiger partial charge in [0.25, 0.3) is 0 Å². The number of aryl methyl sites for hydroxylation is 1. The fourth-order valence-electron chi connectivity index (χ4n) is 1.77. The van der Waals surface area contributed by atoms with Crippen LogP contribution in [0.5, 0.6) is 0 Å². The van der Waals surface area contributed by atoms with E-state index in [0.717, 1.165) is 6.54 Å². The van der Waals surface area contributed by atoms with Gasteiger partial charge in [0.1, 0.15) is 0 Å². The van der Waals surface area contributed by atoms with Crippen LogP contribution in [-0.2, 0) is 0 Å². The zero-order valence-electron chi connectivity index (χ0n) is 7.46. The third kappa shape index (κ3) is 1.51. The van der Waals surface area contributed by atoms with Crippen molar-refractivity contribution in [2.24, 2.45) is 0 Å². The summed E-state index contributed by atoms with van der Waals surface area (Å²) in [6.07, 6.45) is 2.50. The van der Waals surface area contributed by atoms with Gasteiger partial charge in [-0.15, -0.1) is 0 Å². The van der Waals surface area contributed by atoms with Gasteiger partial charge in [-0.1, -0.05) is 29.8 Å². The molecule has 0 saturated carbocycles. The molecule has 0 aromatic heterocycles. The number of hydrogen-bond acceptors (Lipinski definition) is 0. The van der Waals surface area contributed by atoms with Crippen molar-refractivity contribution in [3.8, 4) is 0 Å². The second-order valence-electron chi connectivity index (χ2n) is 3.48. The summed E-state index contributed by atoms with van der Waals surface area (Å²) in [5.41, 5.74) is 2.74. The minimum absolute atomic E-state index is 0.491. The third-order valence-electron chi connectivity index (χ3n) is 2.41. The lowest BCUT2D eigenvalue weighted by Crippen LogP contribution is -2.04. The molecule has 1 radical (unpaired) electrons. The second kappa shape index (κ2) is 3.28. The molecule has 1 heterocycles. The van der Waals surface area contributed by atoms with Crippen LogP contribution in [0.15, 0.2) is 24.3 Å². The van der Waals surface area contributed by atoms with Gasteiger partial charge >= 0.3 is 0 Å². The molecule has 1 unspecified atom stereocenters. The molecule has 1 nitrogen and oxygen atoms in total. The fraction of sp³-hybridized carbons (Fsp3) is 0.455. The summed E-state index contributed by atoms with van der Waals surface area (Å²) in [5.74, 6) is 0. The molecule has 12 heavy (non-hydrogen) atoms. The molecule has 63 valence electrons. The van der Waals surface area contributed by atoms with Crippen molar-refractivity contribution in [2.75, 3.05) is 6.54 Å². The Kier molecular flexibility index (Phi) is 2.13. The molecule has 0 amide bonds. The molecule has 1 heteroatoms. The highest BCUT2D eigenvalue weighted by Crippen LogP contribution is 2.24. The molecule has 1 aliphatic heterocycles. The number of nitrogens with zero attached hydrogens (tertiary/aromatic N) is 1. The molecule has 1 aromatic carbocycles. The molecular weight excluding hydrogens is 146 g/mol. The number of benzene rings is 1. The lowest BCUT2D eigenvalue weighted by molar-refractivity contribution is 0.635. The summed E-state index contributed by atoms with van der Waals surface area (Å²) in [6, 6.07) is 9.19. The van der Waals surface area contributed by atoms with E-state index in [9.17, 15) is 0 Å². The Balaban J connectivity index is 2.21. The van der Waals surface area contributed by atoms with E-state index < -0.39 is 0 Å². The molecule has 0 N–H and O–H groups in total. The van der Waals surface area contributed by atoms with Crippen molar-refractivity contribution in [3.63, 3.8) is 0 Å². The van der Waals surface area contributed by atoms with Crippen molar-refractivity contribution in [2.45, 2.75) is 25.8 Å². The highest BCUT2D eigenvalue weighted by atomic mass is 14.9. The van der Waals surface area contributed by atoms with Crippen molar-refractivity contribution < 1.29 is 0 Å². The lowest BCUT2D eigenvalue weighted by atomic mass is 10.0. The molecule has 1 fully saturated rings. The van der Waals surface area contributed by atoms with Gasteiger partial charge in [-0.2, -0.15) is 0 Å². The predicted octanol–water partition coefficient (Wildman–Crippen LogP) is 2.43. The number of rotatable bonds is 1. The fourth-order valence-corrected chi connectivity index (χ4v) is 1.77. The average molecular weight is 160 g/mol. The van der Waals surface area contributed by atoms with Crippen LogP contribution in [0.25, 0.3) is 0 Å². The predicted molar refractivity (Wildman–Crippen MR) is 50.2 cm³/mol. The Hall–Kier alpha value is -0.820. The van der Waals surface area contributed by atoms with E-state index >= 15 is 0 Å². The van der Waals surface area contributed by atoms with Gasteiger partial charge in [0.2, 0.25) is 0 Å². The maximum Gasteiger partial charge on any atom is 0.0496 e. The highest BCUT2D eigenvalue weighted by molar-refractivity contribution is 5.25. The van der Waals surface area contributed by atoms with Crippen LogP contribution in [0.3, 0.4) is 0 Å². The van der Waals surface area contributed by atoms with Crippen molar-refractivity contribution >= 4 is 0 Å². The third-order valence-corrected chi connectivity index (χ3v) is 2.41. The monoisotopic (exact) mass is 160 g/mol. The van der Waals surface area contributed by atoms with E-state index in [1.807, 2.05) is 0 Å². The van der Waals surface area contributed by atoms with Crippen LogP contribution < -0.4 is 5.32 Å². The SMILES string of the molecule is Cc1cccc(C2CCC[N]2)c1.